The van der Waals surface area contributed by atoms with Gasteiger partial charge < -0.3 is 4.57 Å². The van der Waals surface area contributed by atoms with Crippen LogP contribution in [-0.2, 0) is 13.1 Å². The minimum absolute atomic E-state index is 0.0253. The molecule has 0 N–H and O–H groups in total. The predicted octanol–water partition coefficient (Wildman–Crippen LogP) is 2.42. The van der Waals surface area contributed by atoms with Gasteiger partial charge in [-0.3, -0.25) is 9.36 Å². The molecule has 0 unspecified atom stereocenters. The SMILES string of the molecule is CCCn1cncc1Cn1cnc2c(C)csc2c1=O. The quantitative estimate of drug-likeness (QED) is 0.741. The summed E-state index contributed by atoms with van der Waals surface area (Å²) in [6.07, 6.45) is 6.30. The smallest absolute Gasteiger partial charge is 0.271 e. The fraction of sp³-hybridized carbons (Fsp3) is 0.357. The molecular weight excluding hydrogens is 272 g/mol. The molecule has 0 bridgehead atoms. The zero-order valence-corrected chi connectivity index (χ0v) is 12.4. The first kappa shape index (κ1) is 13.1. The van der Waals surface area contributed by atoms with E-state index in [1.54, 1.807) is 10.9 Å². The van der Waals surface area contributed by atoms with Gasteiger partial charge in [0.25, 0.3) is 5.56 Å². The van der Waals surface area contributed by atoms with E-state index >= 15 is 0 Å². The third-order valence-electron chi connectivity index (χ3n) is 3.32. The second-order valence-electron chi connectivity index (χ2n) is 4.85. The molecule has 6 heteroatoms. The van der Waals surface area contributed by atoms with Crippen LogP contribution in [0.1, 0.15) is 24.6 Å². The molecule has 104 valence electrons. The van der Waals surface area contributed by atoms with Crippen molar-refractivity contribution in [3.63, 3.8) is 0 Å². The predicted molar refractivity (Wildman–Crippen MR) is 80.2 cm³/mol. The fourth-order valence-corrected chi connectivity index (χ4v) is 3.22. The molecule has 0 aliphatic heterocycles. The molecule has 0 aromatic carbocycles. The van der Waals surface area contributed by atoms with Crippen molar-refractivity contribution in [2.45, 2.75) is 33.4 Å². The van der Waals surface area contributed by atoms with Crippen LogP contribution in [0.5, 0.6) is 0 Å². The van der Waals surface area contributed by atoms with Gasteiger partial charge in [-0.1, -0.05) is 6.92 Å². The molecule has 0 saturated heterocycles. The highest BCUT2D eigenvalue weighted by molar-refractivity contribution is 7.17. The molecule has 0 fully saturated rings. The molecule has 0 aliphatic rings. The van der Waals surface area contributed by atoms with Crippen molar-refractivity contribution in [2.24, 2.45) is 0 Å². The van der Waals surface area contributed by atoms with Crippen LogP contribution < -0.4 is 5.56 Å². The lowest BCUT2D eigenvalue weighted by Crippen LogP contribution is -2.21. The minimum atomic E-state index is 0.0253. The van der Waals surface area contributed by atoms with Gasteiger partial charge in [0, 0.05) is 12.7 Å². The summed E-state index contributed by atoms with van der Waals surface area (Å²) in [5.74, 6) is 0. The number of hydrogen-bond donors (Lipinski definition) is 0. The first-order valence-corrected chi connectivity index (χ1v) is 7.51. The van der Waals surface area contributed by atoms with Crippen molar-refractivity contribution in [3.05, 3.63) is 45.8 Å². The zero-order chi connectivity index (χ0) is 14.1. The minimum Gasteiger partial charge on any atom is -0.333 e. The standard InChI is InChI=1S/C14H16N4OS/c1-3-4-17-8-15-5-11(17)6-18-9-16-12-10(2)7-20-13(12)14(18)19/h5,7-9H,3-4,6H2,1-2H3. The number of hydrogen-bond acceptors (Lipinski definition) is 4. The highest BCUT2D eigenvalue weighted by Crippen LogP contribution is 2.19. The summed E-state index contributed by atoms with van der Waals surface area (Å²) < 4.78 is 4.46. The molecule has 0 amide bonds. The Balaban J connectivity index is 2.00. The fourth-order valence-electron chi connectivity index (χ4n) is 2.27. The van der Waals surface area contributed by atoms with E-state index < -0.39 is 0 Å². The Morgan fingerprint density at radius 2 is 2.15 bits per heavy atom. The Kier molecular flexibility index (Phi) is 3.40. The molecule has 0 saturated carbocycles. The van der Waals surface area contributed by atoms with Crippen LogP contribution in [0.4, 0.5) is 0 Å². The van der Waals surface area contributed by atoms with Crippen LogP contribution in [0.15, 0.2) is 29.0 Å². The molecule has 3 aromatic rings. The van der Waals surface area contributed by atoms with E-state index in [0.29, 0.717) is 6.54 Å². The molecule has 0 atom stereocenters. The number of imidazole rings is 1. The molecule has 3 aromatic heterocycles. The lowest BCUT2D eigenvalue weighted by molar-refractivity contribution is 0.615. The zero-order valence-electron chi connectivity index (χ0n) is 11.5. The second-order valence-corrected chi connectivity index (χ2v) is 5.73. The Bertz CT molecular complexity index is 799. The maximum absolute atomic E-state index is 12.4. The van der Waals surface area contributed by atoms with Gasteiger partial charge in [-0.2, -0.15) is 0 Å². The molecule has 3 rings (SSSR count). The highest BCUT2D eigenvalue weighted by atomic mass is 32.1. The van der Waals surface area contributed by atoms with Crippen molar-refractivity contribution >= 4 is 21.6 Å². The van der Waals surface area contributed by atoms with Gasteiger partial charge in [-0.15, -0.1) is 11.3 Å². The summed E-state index contributed by atoms with van der Waals surface area (Å²) in [6.45, 7) is 5.53. The summed E-state index contributed by atoms with van der Waals surface area (Å²) in [5.41, 5.74) is 2.93. The lowest BCUT2D eigenvalue weighted by Gasteiger charge is -2.08. The van der Waals surface area contributed by atoms with Crippen LogP contribution in [0.2, 0.25) is 0 Å². The summed E-state index contributed by atoms with van der Waals surface area (Å²) in [5, 5.41) is 1.98. The number of nitrogens with zero attached hydrogens (tertiary/aromatic N) is 4. The van der Waals surface area contributed by atoms with Gasteiger partial charge in [-0.05, 0) is 24.3 Å². The highest BCUT2D eigenvalue weighted by Gasteiger charge is 2.10. The Hall–Kier alpha value is -1.95. The van der Waals surface area contributed by atoms with Crippen molar-refractivity contribution < 1.29 is 0 Å². The molecule has 0 radical (unpaired) electrons. The van der Waals surface area contributed by atoms with Crippen LogP contribution in [0.25, 0.3) is 10.2 Å². The largest absolute Gasteiger partial charge is 0.333 e. The first-order chi connectivity index (χ1) is 9.70. The normalized spacial score (nSPS) is 11.3. The molecule has 0 spiro atoms. The average Bonchev–Trinajstić information content (AvgIpc) is 3.02. The number of rotatable bonds is 4. The summed E-state index contributed by atoms with van der Waals surface area (Å²) in [4.78, 5) is 21.0. The molecule has 3 heterocycles. The van der Waals surface area contributed by atoms with Crippen LogP contribution in [0.3, 0.4) is 0 Å². The summed E-state index contributed by atoms with van der Waals surface area (Å²) in [6, 6.07) is 0. The van der Waals surface area contributed by atoms with Gasteiger partial charge >= 0.3 is 0 Å². The van der Waals surface area contributed by atoms with E-state index in [9.17, 15) is 4.79 Å². The van der Waals surface area contributed by atoms with Crippen molar-refractivity contribution in [3.8, 4) is 0 Å². The van der Waals surface area contributed by atoms with Gasteiger partial charge in [-0.25, -0.2) is 9.97 Å². The Morgan fingerprint density at radius 3 is 2.95 bits per heavy atom. The van der Waals surface area contributed by atoms with E-state index in [0.717, 1.165) is 34.4 Å². The Morgan fingerprint density at radius 1 is 1.30 bits per heavy atom. The topological polar surface area (TPSA) is 52.7 Å². The van der Waals surface area contributed by atoms with Crippen LogP contribution in [0, 0.1) is 6.92 Å². The third kappa shape index (κ3) is 2.16. The van der Waals surface area contributed by atoms with Crippen molar-refractivity contribution in [1.29, 1.82) is 0 Å². The number of thiophene rings is 1. The number of aromatic nitrogens is 4. The molecule has 20 heavy (non-hydrogen) atoms. The lowest BCUT2D eigenvalue weighted by atomic mass is 10.3. The average molecular weight is 288 g/mol. The summed E-state index contributed by atoms with van der Waals surface area (Å²) >= 11 is 1.46. The monoisotopic (exact) mass is 288 g/mol. The molecule has 5 nitrogen and oxygen atoms in total. The third-order valence-corrected chi connectivity index (χ3v) is 4.39. The van der Waals surface area contributed by atoms with Crippen molar-refractivity contribution in [1.82, 2.24) is 19.1 Å². The van der Waals surface area contributed by atoms with E-state index in [1.165, 1.54) is 11.3 Å². The van der Waals surface area contributed by atoms with E-state index in [2.05, 4.69) is 21.5 Å². The van der Waals surface area contributed by atoms with Gasteiger partial charge in [0.05, 0.1) is 30.4 Å². The van der Waals surface area contributed by atoms with Gasteiger partial charge in [0.2, 0.25) is 0 Å². The van der Waals surface area contributed by atoms with E-state index in [4.69, 9.17) is 0 Å². The van der Waals surface area contributed by atoms with Gasteiger partial charge in [0.1, 0.15) is 4.70 Å². The maximum Gasteiger partial charge on any atom is 0.271 e. The Labute approximate surface area is 120 Å². The van der Waals surface area contributed by atoms with Crippen LogP contribution >= 0.6 is 11.3 Å². The molecular formula is C14H16N4OS. The number of aryl methyl sites for hydroxylation is 2. The van der Waals surface area contributed by atoms with Gasteiger partial charge in [0.15, 0.2) is 0 Å². The van der Waals surface area contributed by atoms with E-state index in [-0.39, 0.29) is 5.56 Å². The number of fused-ring (bicyclic) bond motifs is 1. The summed E-state index contributed by atoms with van der Waals surface area (Å²) in [7, 11) is 0. The molecule has 0 aliphatic carbocycles. The second kappa shape index (κ2) is 5.20. The first-order valence-electron chi connectivity index (χ1n) is 6.63. The van der Waals surface area contributed by atoms with Crippen LogP contribution in [-0.4, -0.2) is 19.1 Å². The van der Waals surface area contributed by atoms with E-state index in [1.807, 2.05) is 24.8 Å². The van der Waals surface area contributed by atoms with Crippen molar-refractivity contribution in [2.75, 3.05) is 0 Å². The maximum atomic E-state index is 12.4.